The first-order valence-electron chi connectivity index (χ1n) is 6.71. The van der Waals surface area contributed by atoms with Crippen LogP contribution in [0.25, 0.3) is 0 Å². The van der Waals surface area contributed by atoms with Crippen LogP contribution in [0.4, 0.5) is 17.1 Å². The molecule has 0 radical (unpaired) electrons. The van der Waals surface area contributed by atoms with E-state index in [4.69, 9.17) is 5.73 Å². The molecule has 20 heavy (non-hydrogen) atoms. The van der Waals surface area contributed by atoms with Crippen molar-refractivity contribution in [2.75, 3.05) is 36.5 Å². The lowest BCUT2D eigenvalue weighted by molar-refractivity contribution is -0.127. The fraction of sp³-hybridized carbons (Fsp3) is 0.429. The van der Waals surface area contributed by atoms with Gasteiger partial charge >= 0.3 is 0 Å². The average molecular weight is 276 g/mol. The number of anilines is 3. The maximum absolute atomic E-state index is 11.8. The molecule has 4 N–H and O–H groups in total. The van der Waals surface area contributed by atoms with Crippen molar-refractivity contribution in [1.82, 2.24) is 4.90 Å². The van der Waals surface area contributed by atoms with Gasteiger partial charge in [0.25, 0.3) is 0 Å². The van der Waals surface area contributed by atoms with Crippen molar-refractivity contribution >= 4 is 28.9 Å². The molecule has 1 aromatic carbocycles. The normalized spacial score (nSPS) is 13.4. The van der Waals surface area contributed by atoms with Crippen LogP contribution in [0, 0.1) is 0 Å². The molecule has 0 saturated carbocycles. The second-order valence-electron chi connectivity index (χ2n) is 4.91. The zero-order valence-corrected chi connectivity index (χ0v) is 11.8. The molecule has 1 heterocycles. The minimum absolute atomic E-state index is 0.0114. The molecule has 6 heteroatoms. The Kier molecular flexibility index (Phi) is 4.12. The van der Waals surface area contributed by atoms with E-state index in [0.717, 1.165) is 16.9 Å². The van der Waals surface area contributed by atoms with Crippen molar-refractivity contribution in [2.24, 2.45) is 0 Å². The lowest BCUT2D eigenvalue weighted by atomic mass is 10.0. The van der Waals surface area contributed by atoms with E-state index in [-0.39, 0.29) is 18.4 Å². The Bertz CT molecular complexity index is 542. The maximum atomic E-state index is 11.8. The van der Waals surface area contributed by atoms with E-state index < -0.39 is 0 Å². The van der Waals surface area contributed by atoms with Crippen LogP contribution in [0.5, 0.6) is 0 Å². The standard InChI is InChI=1S/C14H20N4O2/c1-3-18(2)14(20)8-16-12-6-9-4-5-13(19)17-11(9)7-10(12)15/h6-7,16H,3-5,8,15H2,1-2H3,(H,17,19). The van der Waals surface area contributed by atoms with Gasteiger partial charge in [-0.15, -0.1) is 0 Å². The van der Waals surface area contributed by atoms with E-state index >= 15 is 0 Å². The molecule has 108 valence electrons. The van der Waals surface area contributed by atoms with Crippen molar-refractivity contribution in [1.29, 1.82) is 0 Å². The Hall–Kier alpha value is -2.24. The topological polar surface area (TPSA) is 87.5 Å². The zero-order valence-electron chi connectivity index (χ0n) is 11.8. The summed E-state index contributed by atoms with van der Waals surface area (Å²) in [6.45, 7) is 2.81. The summed E-state index contributed by atoms with van der Waals surface area (Å²) in [4.78, 5) is 24.7. The van der Waals surface area contributed by atoms with Crippen LogP contribution in [0.2, 0.25) is 0 Å². The number of hydrogen-bond acceptors (Lipinski definition) is 4. The van der Waals surface area contributed by atoms with Crippen LogP contribution in [0.1, 0.15) is 18.9 Å². The number of nitrogens with zero attached hydrogens (tertiary/aromatic N) is 1. The Morgan fingerprint density at radius 3 is 2.90 bits per heavy atom. The minimum Gasteiger partial charge on any atom is -0.397 e. The van der Waals surface area contributed by atoms with Crippen LogP contribution >= 0.6 is 0 Å². The van der Waals surface area contributed by atoms with Crippen molar-refractivity contribution < 1.29 is 9.59 Å². The van der Waals surface area contributed by atoms with Gasteiger partial charge in [-0.25, -0.2) is 0 Å². The number of carbonyl (C=O) groups is 2. The van der Waals surface area contributed by atoms with Gasteiger partial charge < -0.3 is 21.3 Å². The molecule has 2 amide bonds. The van der Waals surface area contributed by atoms with E-state index in [9.17, 15) is 9.59 Å². The summed E-state index contributed by atoms with van der Waals surface area (Å²) < 4.78 is 0. The van der Waals surface area contributed by atoms with Gasteiger partial charge in [0.2, 0.25) is 11.8 Å². The lowest BCUT2D eigenvalue weighted by Gasteiger charge is -2.20. The smallest absolute Gasteiger partial charge is 0.241 e. The molecule has 0 bridgehead atoms. The van der Waals surface area contributed by atoms with Crippen molar-refractivity contribution in [3.63, 3.8) is 0 Å². The molecule has 0 unspecified atom stereocenters. The molecule has 1 aliphatic rings. The Morgan fingerprint density at radius 2 is 2.20 bits per heavy atom. The zero-order chi connectivity index (χ0) is 14.7. The molecular weight excluding hydrogens is 256 g/mol. The molecule has 1 aliphatic heterocycles. The fourth-order valence-electron chi connectivity index (χ4n) is 2.08. The van der Waals surface area contributed by atoms with Gasteiger partial charge in [0.05, 0.1) is 17.9 Å². The molecule has 1 aromatic rings. The molecule has 2 rings (SSSR count). The predicted octanol–water partition coefficient (Wildman–Crippen LogP) is 1.04. The number of rotatable bonds is 4. The first kappa shape index (κ1) is 14.2. The molecule has 0 spiro atoms. The number of likely N-dealkylation sites (N-methyl/N-ethyl adjacent to an activating group) is 1. The van der Waals surface area contributed by atoms with Gasteiger partial charge in [0.1, 0.15) is 0 Å². The number of amides is 2. The SMILES string of the molecule is CCN(C)C(=O)CNc1cc2c(cc1N)NC(=O)CC2. The fourth-order valence-corrected chi connectivity index (χ4v) is 2.08. The van der Waals surface area contributed by atoms with E-state index in [1.165, 1.54) is 0 Å². The number of nitrogens with two attached hydrogens (primary N) is 1. The molecule has 0 atom stereocenters. The third-order valence-electron chi connectivity index (χ3n) is 3.50. The van der Waals surface area contributed by atoms with Gasteiger partial charge in [-0.2, -0.15) is 0 Å². The Morgan fingerprint density at radius 1 is 1.45 bits per heavy atom. The van der Waals surface area contributed by atoms with Crippen LogP contribution in [0.15, 0.2) is 12.1 Å². The van der Waals surface area contributed by atoms with E-state index in [1.54, 1.807) is 18.0 Å². The molecule has 0 fully saturated rings. The minimum atomic E-state index is 0.0114. The maximum Gasteiger partial charge on any atom is 0.241 e. The summed E-state index contributed by atoms with van der Waals surface area (Å²) in [5.41, 5.74) is 9.01. The van der Waals surface area contributed by atoms with Crippen molar-refractivity contribution in [2.45, 2.75) is 19.8 Å². The highest BCUT2D eigenvalue weighted by atomic mass is 16.2. The number of nitrogen functional groups attached to an aromatic ring is 1. The van der Waals surface area contributed by atoms with Crippen LogP contribution < -0.4 is 16.4 Å². The number of nitrogens with one attached hydrogen (secondary N) is 2. The van der Waals surface area contributed by atoms with Gasteiger partial charge in [-0.05, 0) is 31.0 Å². The van der Waals surface area contributed by atoms with Crippen LogP contribution in [-0.2, 0) is 16.0 Å². The third kappa shape index (κ3) is 3.01. The summed E-state index contributed by atoms with van der Waals surface area (Å²) in [6.07, 6.45) is 1.17. The Balaban J connectivity index is 2.09. The van der Waals surface area contributed by atoms with E-state index in [2.05, 4.69) is 10.6 Å². The molecule has 6 nitrogen and oxygen atoms in total. The van der Waals surface area contributed by atoms with Gasteiger partial charge in [-0.3, -0.25) is 9.59 Å². The second kappa shape index (κ2) is 5.81. The van der Waals surface area contributed by atoms with Crippen molar-refractivity contribution in [3.8, 4) is 0 Å². The van der Waals surface area contributed by atoms with E-state index in [1.807, 2.05) is 13.0 Å². The highest BCUT2D eigenvalue weighted by molar-refractivity contribution is 5.95. The van der Waals surface area contributed by atoms with Gasteiger partial charge in [0.15, 0.2) is 0 Å². The first-order valence-corrected chi connectivity index (χ1v) is 6.71. The largest absolute Gasteiger partial charge is 0.397 e. The summed E-state index contributed by atoms with van der Waals surface area (Å²) in [6, 6.07) is 3.64. The number of aryl methyl sites for hydroxylation is 1. The van der Waals surface area contributed by atoms with E-state index in [0.29, 0.717) is 25.1 Å². The summed E-state index contributed by atoms with van der Waals surface area (Å²) in [5.74, 6) is 0.0234. The van der Waals surface area contributed by atoms with Gasteiger partial charge in [-0.1, -0.05) is 0 Å². The van der Waals surface area contributed by atoms with Crippen molar-refractivity contribution in [3.05, 3.63) is 17.7 Å². The highest BCUT2D eigenvalue weighted by Gasteiger charge is 2.17. The number of hydrogen-bond donors (Lipinski definition) is 3. The first-order chi connectivity index (χ1) is 9.51. The number of carbonyl (C=O) groups excluding carboxylic acids is 2. The van der Waals surface area contributed by atoms with Crippen LogP contribution in [0.3, 0.4) is 0 Å². The number of benzene rings is 1. The monoisotopic (exact) mass is 276 g/mol. The predicted molar refractivity (Wildman–Crippen MR) is 79.6 cm³/mol. The third-order valence-corrected chi connectivity index (χ3v) is 3.50. The molecular formula is C14H20N4O2. The second-order valence-corrected chi connectivity index (χ2v) is 4.91. The molecule has 0 saturated heterocycles. The quantitative estimate of drug-likeness (QED) is 0.717. The van der Waals surface area contributed by atoms with Gasteiger partial charge in [0, 0.05) is 25.7 Å². The average Bonchev–Trinajstić information content (AvgIpc) is 2.43. The molecule has 0 aromatic heterocycles. The summed E-state index contributed by atoms with van der Waals surface area (Å²) >= 11 is 0. The highest BCUT2D eigenvalue weighted by Crippen LogP contribution is 2.30. The number of fused-ring (bicyclic) bond motifs is 1. The molecule has 0 aliphatic carbocycles. The van der Waals surface area contributed by atoms with Crippen LogP contribution in [-0.4, -0.2) is 36.9 Å². The summed E-state index contributed by atoms with van der Waals surface area (Å²) in [5, 5.41) is 5.86. The summed E-state index contributed by atoms with van der Waals surface area (Å²) in [7, 11) is 1.76. The lowest BCUT2D eigenvalue weighted by Crippen LogP contribution is -2.32. The Labute approximate surface area is 118 Å².